The first-order chi connectivity index (χ1) is 14.9. The summed E-state index contributed by atoms with van der Waals surface area (Å²) in [4.78, 5) is 16.9. The average molecular weight is 438 g/mol. The zero-order valence-electron chi connectivity index (χ0n) is 17.2. The molecule has 0 saturated heterocycles. The molecule has 0 atom stereocenters. The van der Waals surface area contributed by atoms with E-state index < -0.39 is 5.82 Å². The molecule has 1 N–H and O–H groups in total. The Morgan fingerprint density at radius 2 is 1.87 bits per heavy atom. The molecule has 0 fully saturated rings. The highest BCUT2D eigenvalue weighted by Gasteiger charge is 2.13. The number of tetrazole rings is 1. The van der Waals surface area contributed by atoms with Gasteiger partial charge >= 0.3 is 0 Å². The Kier molecular flexibility index (Phi) is 5.81. The lowest BCUT2D eigenvalue weighted by Crippen LogP contribution is -2.16. The van der Waals surface area contributed by atoms with Crippen LogP contribution in [0.25, 0.3) is 11.4 Å². The molecule has 0 spiro atoms. The summed E-state index contributed by atoms with van der Waals surface area (Å²) in [5, 5.41) is 14.6. The largest absolute Gasteiger partial charge is 0.323 e. The molecule has 4 rings (SSSR count). The molecule has 0 aliphatic rings. The van der Waals surface area contributed by atoms with E-state index in [1.165, 1.54) is 28.6 Å². The molecule has 0 saturated carbocycles. The molecular weight excluding hydrogens is 417 g/mol. The standard InChI is InChI=1S/C21H20FN7OS/c1-13-8-14(2)10-17(9-13)28-7-6-23-21(28)31-12-20(30)24-19-11-16(4-5-18(19)22)29-15(3)25-26-27-29/h4-11H,12H2,1-3H3,(H,24,30). The highest BCUT2D eigenvalue weighted by molar-refractivity contribution is 7.99. The zero-order chi connectivity index (χ0) is 22.0. The number of nitrogens with zero attached hydrogens (tertiary/aromatic N) is 6. The molecule has 0 bridgehead atoms. The van der Waals surface area contributed by atoms with Crippen molar-refractivity contribution in [2.75, 3.05) is 11.1 Å². The molecule has 0 aliphatic carbocycles. The lowest BCUT2D eigenvalue weighted by Gasteiger charge is -2.11. The molecule has 158 valence electrons. The van der Waals surface area contributed by atoms with Gasteiger partial charge in [0.25, 0.3) is 0 Å². The Balaban J connectivity index is 1.46. The molecule has 0 aliphatic heterocycles. The van der Waals surface area contributed by atoms with Gasteiger partial charge in [-0.05, 0) is 72.7 Å². The van der Waals surface area contributed by atoms with E-state index in [0.29, 0.717) is 16.7 Å². The van der Waals surface area contributed by atoms with Gasteiger partial charge in [0.15, 0.2) is 11.0 Å². The van der Waals surface area contributed by atoms with Crippen LogP contribution in [-0.4, -0.2) is 41.4 Å². The molecule has 0 unspecified atom stereocenters. The first kappa shape index (κ1) is 20.7. The molecule has 2 aromatic heterocycles. The van der Waals surface area contributed by atoms with Crippen molar-refractivity contribution in [1.29, 1.82) is 0 Å². The third-order valence-corrected chi connectivity index (χ3v) is 5.48. The van der Waals surface area contributed by atoms with Gasteiger partial charge < -0.3 is 5.32 Å². The van der Waals surface area contributed by atoms with E-state index in [1.807, 2.05) is 24.6 Å². The number of aromatic nitrogens is 6. The Morgan fingerprint density at radius 3 is 2.58 bits per heavy atom. The zero-order valence-corrected chi connectivity index (χ0v) is 18.0. The first-order valence-electron chi connectivity index (χ1n) is 9.50. The predicted molar refractivity (Wildman–Crippen MR) is 116 cm³/mol. The maximum atomic E-state index is 14.2. The normalized spacial score (nSPS) is 11.0. The summed E-state index contributed by atoms with van der Waals surface area (Å²) in [5.74, 6) is -0.248. The Labute approximate surface area is 182 Å². The second-order valence-corrected chi connectivity index (χ2v) is 8.01. The Hall–Kier alpha value is -3.53. The molecule has 0 radical (unpaired) electrons. The number of carbonyl (C=O) groups is 1. The van der Waals surface area contributed by atoms with E-state index in [0.717, 1.165) is 16.8 Å². The highest BCUT2D eigenvalue weighted by atomic mass is 32.2. The minimum atomic E-state index is -0.537. The maximum Gasteiger partial charge on any atom is 0.234 e. The van der Waals surface area contributed by atoms with Gasteiger partial charge in [0.2, 0.25) is 5.91 Å². The van der Waals surface area contributed by atoms with Crippen LogP contribution < -0.4 is 5.32 Å². The van der Waals surface area contributed by atoms with Crippen molar-refractivity contribution in [1.82, 2.24) is 29.8 Å². The van der Waals surface area contributed by atoms with Gasteiger partial charge in [-0.25, -0.2) is 9.37 Å². The van der Waals surface area contributed by atoms with Crippen LogP contribution in [0, 0.1) is 26.6 Å². The van der Waals surface area contributed by atoms with Gasteiger partial charge in [0, 0.05) is 18.1 Å². The molecule has 2 aromatic carbocycles. The summed E-state index contributed by atoms with van der Waals surface area (Å²) >= 11 is 1.28. The van der Waals surface area contributed by atoms with E-state index in [-0.39, 0.29) is 17.3 Å². The minimum Gasteiger partial charge on any atom is -0.323 e. The second-order valence-electron chi connectivity index (χ2n) is 7.06. The van der Waals surface area contributed by atoms with Gasteiger partial charge in [0.1, 0.15) is 5.82 Å². The fraction of sp³-hybridized carbons (Fsp3) is 0.190. The summed E-state index contributed by atoms with van der Waals surface area (Å²) in [6.07, 6.45) is 3.54. The van der Waals surface area contributed by atoms with Gasteiger partial charge in [-0.3, -0.25) is 9.36 Å². The van der Waals surface area contributed by atoms with Crippen LogP contribution in [0.5, 0.6) is 0 Å². The molecule has 4 aromatic rings. The number of anilines is 1. The number of thioether (sulfide) groups is 1. The lowest BCUT2D eigenvalue weighted by molar-refractivity contribution is -0.113. The van der Waals surface area contributed by atoms with Crippen molar-refractivity contribution in [2.45, 2.75) is 25.9 Å². The number of benzene rings is 2. The van der Waals surface area contributed by atoms with Crippen molar-refractivity contribution < 1.29 is 9.18 Å². The fourth-order valence-corrected chi connectivity index (χ4v) is 3.98. The Morgan fingerprint density at radius 1 is 1.10 bits per heavy atom. The van der Waals surface area contributed by atoms with Crippen LogP contribution in [0.1, 0.15) is 17.0 Å². The molecule has 31 heavy (non-hydrogen) atoms. The number of rotatable bonds is 6. The Bertz CT molecular complexity index is 1230. The van der Waals surface area contributed by atoms with Gasteiger partial charge in [0.05, 0.1) is 17.1 Å². The second kappa shape index (κ2) is 8.68. The number of nitrogens with one attached hydrogen (secondary N) is 1. The SMILES string of the molecule is Cc1cc(C)cc(-n2ccnc2SCC(=O)Nc2cc(-n3nnnc3C)ccc2F)c1. The fourth-order valence-electron chi connectivity index (χ4n) is 3.21. The number of imidazole rings is 1. The monoisotopic (exact) mass is 437 g/mol. The number of hydrogen-bond donors (Lipinski definition) is 1. The summed E-state index contributed by atoms with van der Waals surface area (Å²) < 4.78 is 17.6. The molecular formula is C21H20FN7OS. The van der Waals surface area contributed by atoms with Crippen molar-refractivity contribution in [3.63, 3.8) is 0 Å². The third-order valence-electron chi connectivity index (χ3n) is 4.52. The number of halogens is 1. The lowest BCUT2D eigenvalue weighted by atomic mass is 10.1. The molecule has 8 nitrogen and oxygen atoms in total. The van der Waals surface area contributed by atoms with Crippen molar-refractivity contribution >= 4 is 23.4 Å². The topological polar surface area (TPSA) is 90.5 Å². The maximum absolute atomic E-state index is 14.2. The summed E-state index contributed by atoms with van der Waals surface area (Å²) in [7, 11) is 0. The van der Waals surface area contributed by atoms with Gasteiger partial charge in [-0.15, -0.1) is 5.10 Å². The van der Waals surface area contributed by atoms with Crippen LogP contribution >= 0.6 is 11.8 Å². The first-order valence-corrected chi connectivity index (χ1v) is 10.5. The number of carbonyl (C=O) groups excluding carboxylic acids is 1. The molecule has 1 amide bonds. The summed E-state index contributed by atoms with van der Waals surface area (Å²) in [5.41, 5.74) is 3.89. The minimum absolute atomic E-state index is 0.0654. The summed E-state index contributed by atoms with van der Waals surface area (Å²) in [6.45, 7) is 5.80. The number of aryl methyl sites for hydroxylation is 3. The molecule has 2 heterocycles. The van der Waals surface area contributed by atoms with E-state index in [4.69, 9.17) is 0 Å². The van der Waals surface area contributed by atoms with Crippen LogP contribution in [0.4, 0.5) is 10.1 Å². The average Bonchev–Trinajstić information content (AvgIpc) is 3.36. The van der Waals surface area contributed by atoms with Crippen LogP contribution in [-0.2, 0) is 4.79 Å². The van der Waals surface area contributed by atoms with E-state index in [2.05, 4.69) is 44.0 Å². The van der Waals surface area contributed by atoms with Crippen LogP contribution in [0.15, 0.2) is 53.9 Å². The third kappa shape index (κ3) is 4.64. The predicted octanol–water partition coefficient (Wildman–Crippen LogP) is 3.64. The van der Waals surface area contributed by atoms with Crippen LogP contribution in [0.3, 0.4) is 0 Å². The van der Waals surface area contributed by atoms with E-state index >= 15 is 0 Å². The highest BCUT2D eigenvalue weighted by Crippen LogP contribution is 2.23. The van der Waals surface area contributed by atoms with Crippen molar-refractivity contribution in [3.8, 4) is 11.4 Å². The summed E-state index contributed by atoms with van der Waals surface area (Å²) in [6, 6.07) is 10.5. The van der Waals surface area contributed by atoms with Crippen molar-refractivity contribution in [3.05, 3.63) is 71.6 Å². The smallest absolute Gasteiger partial charge is 0.234 e. The molecule has 10 heteroatoms. The van der Waals surface area contributed by atoms with E-state index in [1.54, 1.807) is 19.2 Å². The van der Waals surface area contributed by atoms with Gasteiger partial charge in [-0.2, -0.15) is 4.68 Å². The van der Waals surface area contributed by atoms with Crippen molar-refractivity contribution in [2.24, 2.45) is 0 Å². The van der Waals surface area contributed by atoms with Gasteiger partial charge in [-0.1, -0.05) is 17.8 Å². The van der Waals surface area contributed by atoms with E-state index in [9.17, 15) is 9.18 Å². The number of hydrogen-bond acceptors (Lipinski definition) is 6. The number of amides is 1. The quantitative estimate of drug-likeness (QED) is 0.463. The van der Waals surface area contributed by atoms with Crippen LogP contribution in [0.2, 0.25) is 0 Å².